The molecule has 12 rings (SSSR count). The van der Waals surface area contributed by atoms with Crippen molar-refractivity contribution in [2.45, 2.75) is 18.1 Å². The number of ether oxygens (including phenoxy) is 2. The Kier molecular flexibility index (Phi) is 10.9. The van der Waals surface area contributed by atoms with E-state index in [2.05, 4.69) is 128 Å². The van der Waals surface area contributed by atoms with Crippen molar-refractivity contribution < 1.29 is 35.8 Å². The van der Waals surface area contributed by atoms with Crippen molar-refractivity contribution in [3.63, 3.8) is 0 Å². The van der Waals surface area contributed by atoms with E-state index in [0.717, 1.165) is 101 Å². The molecule has 0 aromatic heterocycles. The van der Waals surface area contributed by atoms with Gasteiger partial charge in [-0.05, 0) is 152 Å². The first-order valence-electron chi connectivity index (χ1n) is 23.5. The fourth-order valence-electron chi connectivity index (χ4n) is 10.6. The van der Waals surface area contributed by atoms with Gasteiger partial charge in [-0.1, -0.05) is 158 Å². The fraction of sp³-hybridized carbons (Fsp3) is 0.0476. The van der Waals surface area contributed by atoms with Gasteiger partial charge in [-0.15, -0.1) is 26.3 Å². The summed E-state index contributed by atoms with van der Waals surface area (Å²) in [5.41, 5.74) is 16.3. The van der Waals surface area contributed by atoms with E-state index in [4.69, 9.17) is 0 Å². The van der Waals surface area contributed by atoms with Gasteiger partial charge in [0.25, 0.3) is 0 Å². The maximum absolute atomic E-state index is 13.0. The van der Waals surface area contributed by atoms with Gasteiger partial charge in [0, 0.05) is 11.4 Å². The summed E-state index contributed by atoms with van der Waals surface area (Å²) < 4.78 is 86.2. The second-order valence-electron chi connectivity index (χ2n) is 17.9. The largest absolute Gasteiger partial charge is 0.573 e. The maximum atomic E-state index is 13.0. The molecule has 2 heterocycles. The average molecular weight is 971 g/mol. The van der Waals surface area contributed by atoms with Gasteiger partial charge in [-0.2, -0.15) is 0 Å². The van der Waals surface area contributed by atoms with Crippen LogP contribution in [0.4, 0.5) is 60.5 Å². The number of alkyl halides is 6. The molecule has 0 bridgehead atoms. The van der Waals surface area contributed by atoms with Crippen LogP contribution in [0, 0.1) is 0 Å². The van der Waals surface area contributed by atoms with Crippen LogP contribution >= 0.6 is 0 Å². The molecule has 10 heteroatoms. The zero-order valence-electron chi connectivity index (χ0n) is 38.6. The second-order valence-corrected chi connectivity index (χ2v) is 17.9. The summed E-state index contributed by atoms with van der Waals surface area (Å²) in [4.78, 5) is 4.59. The number of anilines is 6. The Labute approximate surface area is 417 Å². The lowest BCUT2D eigenvalue weighted by Gasteiger charge is -2.51. The Morgan fingerprint density at radius 2 is 0.562 bits per heavy atom. The van der Waals surface area contributed by atoms with Crippen molar-refractivity contribution >= 4 is 34.1 Å². The zero-order chi connectivity index (χ0) is 49.9. The van der Waals surface area contributed by atoms with Crippen LogP contribution in [-0.4, -0.2) is 12.7 Å². The van der Waals surface area contributed by atoms with Gasteiger partial charge in [0.2, 0.25) is 0 Å². The Hall–Kier alpha value is -9.02. The normalized spacial score (nSPS) is 13.4. The molecular formula is C63H40F6N2O2. The molecule has 0 N–H and O–H groups in total. The summed E-state index contributed by atoms with van der Waals surface area (Å²) in [6.07, 6.45) is -9.57. The lowest BCUT2D eigenvalue weighted by atomic mass is 9.59. The minimum Gasteiger partial charge on any atom is -0.406 e. The SMILES string of the molecule is FC(F)(F)Oc1ccc(-c2ccc(N3c4ccccc4C4(c5ccccc5N(c5ccc(-c6ccc(OC(F)(F)F)cc6)cc5)c5ccc(-c6ccccc6)cc54)c4cc(-c5ccccc5)ccc43)cc2)cc1. The minimum atomic E-state index is -4.79. The van der Waals surface area contributed by atoms with Crippen molar-refractivity contribution in [3.05, 3.63) is 265 Å². The monoisotopic (exact) mass is 970 g/mol. The van der Waals surface area contributed by atoms with Crippen LogP contribution in [0.3, 0.4) is 0 Å². The molecule has 2 aliphatic heterocycles. The molecule has 4 nitrogen and oxygen atoms in total. The van der Waals surface area contributed by atoms with Crippen molar-refractivity contribution in [1.82, 2.24) is 0 Å². The summed E-state index contributed by atoms with van der Waals surface area (Å²) in [7, 11) is 0. The predicted octanol–water partition coefficient (Wildman–Crippen LogP) is 18.1. The van der Waals surface area contributed by atoms with E-state index in [1.807, 2.05) is 84.9 Å². The Balaban J connectivity index is 1.06. The van der Waals surface area contributed by atoms with E-state index >= 15 is 0 Å². The molecule has 0 unspecified atom stereocenters. The van der Waals surface area contributed by atoms with Gasteiger partial charge in [0.15, 0.2) is 0 Å². The molecule has 0 aliphatic carbocycles. The van der Waals surface area contributed by atoms with E-state index < -0.39 is 18.1 Å². The average Bonchev–Trinajstić information content (AvgIpc) is 3.41. The third-order valence-electron chi connectivity index (χ3n) is 13.7. The van der Waals surface area contributed by atoms with E-state index in [0.29, 0.717) is 0 Å². The summed E-state index contributed by atoms with van der Waals surface area (Å²) in [6.45, 7) is 0. The highest BCUT2D eigenvalue weighted by Crippen LogP contribution is 2.64. The number of rotatable bonds is 8. The number of halogens is 6. The third kappa shape index (κ3) is 8.20. The first-order chi connectivity index (χ1) is 35.4. The fourth-order valence-corrected chi connectivity index (χ4v) is 10.6. The number of para-hydroxylation sites is 2. The highest BCUT2D eigenvalue weighted by molar-refractivity contribution is 5.98. The minimum absolute atomic E-state index is 0.286. The first-order valence-corrected chi connectivity index (χ1v) is 23.5. The third-order valence-corrected chi connectivity index (χ3v) is 13.7. The van der Waals surface area contributed by atoms with Crippen LogP contribution < -0.4 is 19.3 Å². The van der Waals surface area contributed by atoms with Crippen LogP contribution in [0.25, 0.3) is 44.5 Å². The second kappa shape index (κ2) is 17.7. The topological polar surface area (TPSA) is 24.9 Å². The van der Waals surface area contributed by atoms with Crippen LogP contribution in [0.2, 0.25) is 0 Å². The van der Waals surface area contributed by atoms with Gasteiger partial charge in [-0.25, -0.2) is 0 Å². The number of hydrogen-bond acceptors (Lipinski definition) is 4. The molecule has 10 aromatic carbocycles. The summed E-state index contributed by atoms with van der Waals surface area (Å²) in [5.74, 6) is -0.571. The molecule has 0 saturated heterocycles. The number of benzene rings is 10. The molecule has 1 spiro atoms. The molecule has 73 heavy (non-hydrogen) atoms. The maximum Gasteiger partial charge on any atom is 0.573 e. The zero-order valence-corrected chi connectivity index (χ0v) is 38.6. The number of fused-ring (bicyclic) bond motifs is 8. The predicted molar refractivity (Wildman–Crippen MR) is 276 cm³/mol. The van der Waals surface area contributed by atoms with E-state index in [1.165, 1.54) is 24.3 Å². The highest BCUT2D eigenvalue weighted by atomic mass is 19.4. The van der Waals surface area contributed by atoms with E-state index in [-0.39, 0.29) is 11.5 Å². The van der Waals surface area contributed by atoms with Crippen molar-refractivity contribution in [1.29, 1.82) is 0 Å². The molecular weight excluding hydrogens is 931 g/mol. The van der Waals surface area contributed by atoms with Gasteiger partial charge in [0.1, 0.15) is 11.5 Å². The number of nitrogens with zero attached hydrogens (tertiary/aromatic N) is 2. The standard InChI is InChI=1S/C63H40F6N2O2/c64-62(65,66)72-51-33-23-45(24-34-51)43-19-29-49(30-20-43)70-57-17-9-7-15-53(57)61(55-39-47(27-37-59(55)70)41-11-3-1-4-12-41)54-16-8-10-18-58(54)71(60-38-28-48(40-56(60)61)42-13-5-2-6-14-42)50-31-21-44(22-32-50)46-25-35-52(36-26-46)73-63(67,68)69/h1-40H. The summed E-state index contributed by atoms with van der Waals surface area (Å²) in [6, 6.07) is 79.1. The quantitative estimate of drug-likeness (QED) is 0.142. The summed E-state index contributed by atoms with van der Waals surface area (Å²) >= 11 is 0. The van der Waals surface area contributed by atoms with E-state index in [9.17, 15) is 26.3 Å². The Morgan fingerprint density at radius 3 is 0.918 bits per heavy atom. The van der Waals surface area contributed by atoms with Crippen LogP contribution in [-0.2, 0) is 5.41 Å². The van der Waals surface area contributed by atoms with Crippen LogP contribution in [0.1, 0.15) is 22.3 Å². The van der Waals surface area contributed by atoms with Gasteiger partial charge >= 0.3 is 12.7 Å². The lowest BCUT2D eigenvalue weighted by molar-refractivity contribution is -0.275. The van der Waals surface area contributed by atoms with Crippen molar-refractivity contribution in [2.75, 3.05) is 9.80 Å². The first kappa shape index (κ1) is 45.1. The molecule has 10 aromatic rings. The Bertz CT molecular complexity index is 3390. The van der Waals surface area contributed by atoms with Gasteiger partial charge in [0.05, 0.1) is 28.2 Å². The molecule has 356 valence electrons. The molecule has 0 amide bonds. The Morgan fingerprint density at radius 1 is 0.274 bits per heavy atom. The smallest absolute Gasteiger partial charge is 0.406 e. The molecule has 0 saturated carbocycles. The van der Waals surface area contributed by atoms with Crippen LogP contribution in [0.5, 0.6) is 11.5 Å². The van der Waals surface area contributed by atoms with E-state index in [1.54, 1.807) is 24.3 Å². The van der Waals surface area contributed by atoms with Crippen molar-refractivity contribution in [2.24, 2.45) is 0 Å². The van der Waals surface area contributed by atoms with Crippen molar-refractivity contribution in [3.8, 4) is 56.0 Å². The van der Waals surface area contributed by atoms with Crippen LogP contribution in [0.15, 0.2) is 243 Å². The highest BCUT2D eigenvalue weighted by Gasteiger charge is 2.52. The van der Waals surface area contributed by atoms with Gasteiger partial charge < -0.3 is 19.3 Å². The molecule has 0 radical (unpaired) electrons. The lowest BCUT2D eigenvalue weighted by Crippen LogP contribution is -2.42. The number of hydrogen-bond donors (Lipinski definition) is 0. The molecule has 0 atom stereocenters. The van der Waals surface area contributed by atoms with Gasteiger partial charge in [-0.3, -0.25) is 0 Å². The molecule has 0 fully saturated rings. The molecule has 2 aliphatic rings. The summed E-state index contributed by atoms with van der Waals surface area (Å²) in [5, 5.41) is 0.